The predicted molar refractivity (Wildman–Crippen MR) is 410 cm³/mol. The zero-order valence-electron chi connectivity index (χ0n) is 59.9. The lowest BCUT2D eigenvalue weighted by molar-refractivity contribution is -0.837. The fraction of sp³-hybridized carbons (Fsp3) is 0.172. The number of anilines is 1. The normalized spacial score (nSPS) is 18.9. The van der Waals surface area contributed by atoms with Crippen molar-refractivity contribution in [3.8, 4) is 44.6 Å². The molecule has 12 heteroatoms. The van der Waals surface area contributed by atoms with Gasteiger partial charge in [-0.1, -0.05) is 161 Å². The van der Waals surface area contributed by atoms with Gasteiger partial charge in [0.1, 0.15) is 11.6 Å². The second-order valence-corrected chi connectivity index (χ2v) is 29.2. The number of nitrogens with zero attached hydrogens (tertiary/aromatic N) is 4. The van der Waals surface area contributed by atoms with Crippen LogP contribution in [0.1, 0.15) is 151 Å². The lowest BCUT2D eigenvalue weighted by atomic mass is 9.57. The average molecular weight is 1380 g/mol. The van der Waals surface area contributed by atoms with E-state index in [1.165, 1.54) is 39.7 Å². The van der Waals surface area contributed by atoms with Gasteiger partial charge in [-0.2, -0.15) is 9.13 Å². The van der Waals surface area contributed by atoms with Gasteiger partial charge in [-0.15, -0.1) is 0 Å². The first-order valence-corrected chi connectivity index (χ1v) is 35.7. The number of pyridine rings is 2. The zero-order chi connectivity index (χ0) is 73.2. The predicted octanol–water partition coefficient (Wildman–Crippen LogP) is 20.0. The number of carbonyl (C=O) groups is 5. The van der Waals surface area contributed by atoms with E-state index in [1.54, 1.807) is 44.2 Å². The highest BCUT2D eigenvalue weighted by Gasteiger charge is 2.63. The third-order valence-electron chi connectivity index (χ3n) is 24.1. The van der Waals surface area contributed by atoms with E-state index in [1.807, 2.05) is 85.4 Å². The lowest BCUT2D eigenvalue weighted by Crippen LogP contribution is -2.74. The summed E-state index contributed by atoms with van der Waals surface area (Å²) in [4.78, 5) is 76.1. The molecular weight excluding hydrogens is 1310 g/mol. The molecule has 13 aromatic rings. The summed E-state index contributed by atoms with van der Waals surface area (Å²) in [5.74, 6) is -3.65. The Labute approximate surface area is 607 Å². The summed E-state index contributed by atoms with van der Waals surface area (Å²) in [6.07, 6.45) is 6.66. The van der Waals surface area contributed by atoms with Crippen LogP contribution in [0, 0.1) is 25.5 Å². The summed E-state index contributed by atoms with van der Waals surface area (Å²) in [6.45, 7) is 24.3. The molecule has 11 aromatic carbocycles. The molecule has 2 aromatic heterocycles. The number of carbonyl (C=O) groups excluding carboxylic acids is 5. The van der Waals surface area contributed by atoms with Crippen LogP contribution in [0.4, 0.5) is 14.5 Å². The largest absolute Gasteiger partial charge is 0.461 e. The standard InChI is InChI=1S/C93H74F2N4O6/c1-12-52(6)84(51(4)5)98-86(100)69-38-34-64-66-36-40-71-81-72(41-37-67(79(66)81)65-35-39-70(87(98)101)80(69)78(64)65)89(103)99(88(71)102)85-53(7)45-59(46-54(85)8)56-26-28-57(29-27-56)83-68-23-16-15-21-62(68)63-22-17-18-24-73(63)92(83,10)60-32-30-55(31-33-60)58-42-44-96(77(47-58)90(104)105-11)50-93(14-3)91(9,13-2)74-48-61(94)49-75(95)82(74)76-25-19-20-43-97(76)93/h12,15-49,83H,1,4,13-14,50H2,2-3,5-11H3/q+2. The molecule has 0 fully saturated rings. The van der Waals surface area contributed by atoms with Crippen LogP contribution in [-0.4, -0.2) is 41.6 Å². The summed E-state index contributed by atoms with van der Waals surface area (Å²) >= 11 is 0. The van der Waals surface area contributed by atoms with Crippen LogP contribution in [-0.2, 0) is 27.7 Å². The Morgan fingerprint density at radius 2 is 1.12 bits per heavy atom. The molecule has 0 saturated heterocycles. The van der Waals surface area contributed by atoms with Crippen molar-refractivity contribution < 1.29 is 46.6 Å². The van der Waals surface area contributed by atoms with Crippen molar-refractivity contribution in [3.05, 3.63) is 327 Å². The maximum atomic E-state index is 16.0. The quantitative estimate of drug-likeness (QED) is 0.0284. The van der Waals surface area contributed by atoms with Gasteiger partial charge >= 0.3 is 5.97 Å². The monoisotopic (exact) mass is 1380 g/mol. The molecule has 5 heterocycles. The van der Waals surface area contributed by atoms with Crippen LogP contribution in [0.25, 0.3) is 87.7 Å². The zero-order valence-corrected chi connectivity index (χ0v) is 59.9. The number of amides is 4. The van der Waals surface area contributed by atoms with Gasteiger partial charge in [0.15, 0.2) is 12.4 Å². The summed E-state index contributed by atoms with van der Waals surface area (Å²) in [5.41, 5.74) is 15.6. The highest BCUT2D eigenvalue weighted by molar-refractivity contribution is 6.44. The summed E-state index contributed by atoms with van der Waals surface area (Å²) in [7, 11) is 1.38. The van der Waals surface area contributed by atoms with Crippen molar-refractivity contribution >= 4 is 78.4 Å². The third-order valence-corrected chi connectivity index (χ3v) is 24.1. The van der Waals surface area contributed by atoms with E-state index in [9.17, 15) is 14.4 Å². The Morgan fingerprint density at radius 3 is 1.70 bits per heavy atom. The molecule has 3 aliphatic heterocycles. The molecule has 0 N–H and O–H groups in total. The fourth-order valence-electron chi connectivity index (χ4n) is 19.0. The van der Waals surface area contributed by atoms with Gasteiger partial charge in [0, 0.05) is 81.1 Å². The van der Waals surface area contributed by atoms with Gasteiger partial charge in [0.2, 0.25) is 17.8 Å². The van der Waals surface area contributed by atoms with E-state index in [-0.39, 0.29) is 5.92 Å². The first kappa shape index (κ1) is 66.1. The Hall–Kier alpha value is -12.2. The van der Waals surface area contributed by atoms with Gasteiger partial charge in [-0.05, 0) is 205 Å². The van der Waals surface area contributed by atoms with Crippen LogP contribution >= 0.6 is 0 Å². The van der Waals surface area contributed by atoms with Gasteiger partial charge in [-0.3, -0.25) is 19.2 Å². The maximum absolute atomic E-state index is 16.0. The number of allylic oxidation sites excluding steroid dienone is 3. The molecular formula is C93H74F2N4O6+2. The second-order valence-electron chi connectivity index (χ2n) is 29.2. The Morgan fingerprint density at radius 1 is 0.571 bits per heavy atom. The smallest absolute Gasteiger partial charge is 0.403 e. The molecule has 0 radical (unpaired) electrons. The molecule has 105 heavy (non-hydrogen) atoms. The van der Waals surface area contributed by atoms with E-state index in [4.69, 9.17) is 4.74 Å². The third kappa shape index (κ3) is 9.20. The topological polar surface area (TPSA) is 109 Å². The summed E-state index contributed by atoms with van der Waals surface area (Å²) in [6, 6.07) is 65.7. The Balaban J connectivity index is 0.691. The number of fused-ring (bicyclic) bond motifs is 8. The van der Waals surface area contributed by atoms with E-state index in [0.717, 1.165) is 88.5 Å². The number of imide groups is 2. The lowest BCUT2D eigenvalue weighted by Gasteiger charge is -2.46. The van der Waals surface area contributed by atoms with Crippen molar-refractivity contribution in [3.63, 3.8) is 0 Å². The molecule has 514 valence electrons. The number of esters is 1. The number of halogens is 2. The van der Waals surface area contributed by atoms with E-state index in [2.05, 4.69) is 155 Å². The minimum absolute atomic E-state index is 0.152. The molecule has 4 atom stereocenters. The Bertz CT molecular complexity index is 5990. The van der Waals surface area contributed by atoms with Crippen molar-refractivity contribution in [2.24, 2.45) is 0 Å². The first-order chi connectivity index (χ1) is 50.6. The maximum Gasteiger partial charge on any atom is 0.403 e. The number of hydrogen-bond donors (Lipinski definition) is 0. The van der Waals surface area contributed by atoms with Crippen molar-refractivity contribution in [2.45, 2.75) is 97.1 Å². The SMILES string of the molecule is C=CC(C)=C(C(=C)C)N1C(=O)c2ccc3c4ccc5c6c(ccc(c7ccc(c2c37)C1=O)c64)C(=O)N(c1c(C)cc(-c2ccc(C3c4ccccc4-c4ccccc4C3(C)c3ccc(-c4cc[n+](CC6(CC)[n+]7ccccc7-c7c(F)cc(F)cc7C6(C)CC)c(C(=O)OC)c4)cc3)cc2)cc1C)C5=O. The molecule has 0 saturated carbocycles. The van der Waals surface area contributed by atoms with Gasteiger partial charge in [0.05, 0.1) is 29.5 Å². The molecule has 0 bridgehead atoms. The average Bonchev–Trinajstić information content (AvgIpc) is 0.700. The van der Waals surface area contributed by atoms with Crippen LogP contribution in [0.15, 0.2) is 249 Å². The highest BCUT2D eigenvalue weighted by atomic mass is 19.1. The van der Waals surface area contributed by atoms with Crippen molar-refractivity contribution in [2.75, 3.05) is 12.0 Å². The molecule has 10 nitrogen and oxygen atoms in total. The second kappa shape index (κ2) is 24.0. The van der Waals surface area contributed by atoms with E-state index < -0.39 is 57.6 Å². The van der Waals surface area contributed by atoms with E-state index in [0.29, 0.717) is 97.5 Å². The number of aryl methyl sites for hydroxylation is 2. The van der Waals surface area contributed by atoms with Crippen LogP contribution in [0.5, 0.6) is 0 Å². The minimum atomic E-state index is -0.778. The number of benzene rings is 11. The Kier molecular flexibility index (Phi) is 15.1. The fourth-order valence-corrected chi connectivity index (χ4v) is 19.0. The van der Waals surface area contributed by atoms with E-state index >= 15 is 18.4 Å². The van der Waals surface area contributed by atoms with Gasteiger partial charge < -0.3 is 4.74 Å². The van der Waals surface area contributed by atoms with Crippen LogP contribution in [0.3, 0.4) is 0 Å². The molecule has 4 amide bonds. The molecule has 17 rings (SSSR count). The number of hydrogen-bond acceptors (Lipinski definition) is 6. The molecule has 1 aliphatic carbocycles. The van der Waals surface area contributed by atoms with Gasteiger partial charge in [-0.25, -0.2) is 23.4 Å². The number of methoxy groups -OCH3 is 1. The molecule has 4 unspecified atom stereocenters. The van der Waals surface area contributed by atoms with Crippen LogP contribution in [0.2, 0.25) is 0 Å². The first-order valence-electron chi connectivity index (χ1n) is 35.7. The minimum Gasteiger partial charge on any atom is -0.461 e. The van der Waals surface area contributed by atoms with Crippen molar-refractivity contribution in [1.82, 2.24) is 4.90 Å². The van der Waals surface area contributed by atoms with Crippen LogP contribution < -0.4 is 14.0 Å². The number of ether oxygens (including phenoxy) is 1. The van der Waals surface area contributed by atoms with Gasteiger partial charge in [0.25, 0.3) is 29.3 Å². The van der Waals surface area contributed by atoms with Crippen molar-refractivity contribution in [1.29, 1.82) is 0 Å². The number of rotatable bonds is 13. The molecule has 0 spiro atoms. The molecule has 4 aliphatic rings. The summed E-state index contributed by atoms with van der Waals surface area (Å²) < 4.78 is 41.0. The highest BCUT2D eigenvalue weighted by Crippen LogP contribution is 2.58. The number of aromatic nitrogens is 2. The summed E-state index contributed by atoms with van der Waals surface area (Å²) in [5, 5.41) is 5.88.